The van der Waals surface area contributed by atoms with E-state index in [2.05, 4.69) is 10.6 Å². The van der Waals surface area contributed by atoms with Crippen LogP contribution < -0.4 is 16.4 Å². The number of benzene rings is 2. The first kappa shape index (κ1) is 17.7. The zero-order chi connectivity index (χ0) is 18.6. The van der Waals surface area contributed by atoms with Crippen LogP contribution in [0, 0.1) is 5.41 Å². The fourth-order valence-electron chi connectivity index (χ4n) is 2.76. The predicted molar refractivity (Wildman–Crippen MR) is 99.3 cm³/mol. The Labute approximate surface area is 151 Å². The van der Waals surface area contributed by atoms with E-state index in [1.165, 1.54) is 0 Å². The van der Waals surface area contributed by atoms with Gasteiger partial charge in [0.1, 0.15) is 5.41 Å². The number of rotatable bonds is 7. The molecule has 3 rings (SSSR count). The van der Waals surface area contributed by atoms with E-state index in [9.17, 15) is 14.4 Å². The van der Waals surface area contributed by atoms with Crippen LogP contribution in [0.1, 0.15) is 24.8 Å². The Balaban J connectivity index is 1.56. The van der Waals surface area contributed by atoms with Crippen LogP contribution in [0.15, 0.2) is 54.6 Å². The highest BCUT2D eigenvalue weighted by atomic mass is 16.2. The first-order valence-electron chi connectivity index (χ1n) is 8.55. The third kappa shape index (κ3) is 4.08. The first-order chi connectivity index (χ1) is 12.5. The number of hydrogen-bond donors (Lipinski definition) is 3. The molecule has 1 fully saturated rings. The number of nitrogens with two attached hydrogens (primary N) is 1. The van der Waals surface area contributed by atoms with Crippen molar-refractivity contribution in [2.24, 2.45) is 11.1 Å². The minimum atomic E-state index is -1.07. The second-order valence-corrected chi connectivity index (χ2v) is 6.52. The highest BCUT2D eigenvalue weighted by molar-refractivity contribution is 6.12. The molecule has 1 aliphatic carbocycles. The molecule has 6 nitrogen and oxygen atoms in total. The van der Waals surface area contributed by atoms with Crippen LogP contribution in [0.5, 0.6) is 0 Å². The van der Waals surface area contributed by atoms with Gasteiger partial charge in [-0.15, -0.1) is 0 Å². The van der Waals surface area contributed by atoms with E-state index in [1.807, 2.05) is 30.3 Å². The summed E-state index contributed by atoms with van der Waals surface area (Å²) in [7, 11) is 0. The third-order valence-electron chi connectivity index (χ3n) is 4.54. The molecule has 0 radical (unpaired) electrons. The topological polar surface area (TPSA) is 101 Å². The summed E-state index contributed by atoms with van der Waals surface area (Å²) in [5, 5.41) is 5.53. The van der Waals surface area contributed by atoms with Crippen molar-refractivity contribution < 1.29 is 14.4 Å². The molecule has 2 aromatic rings. The van der Waals surface area contributed by atoms with Gasteiger partial charge in [-0.05, 0) is 43.0 Å². The number of primary amides is 1. The predicted octanol–water partition coefficient (Wildman–Crippen LogP) is 2.46. The molecule has 0 atom stereocenters. The van der Waals surface area contributed by atoms with E-state index < -0.39 is 17.2 Å². The van der Waals surface area contributed by atoms with Crippen LogP contribution in [0.4, 0.5) is 11.4 Å². The van der Waals surface area contributed by atoms with Gasteiger partial charge in [-0.25, -0.2) is 0 Å². The molecule has 0 heterocycles. The molecule has 1 saturated carbocycles. The Kier molecular flexibility index (Phi) is 5.02. The largest absolute Gasteiger partial charge is 0.369 e. The monoisotopic (exact) mass is 351 g/mol. The van der Waals surface area contributed by atoms with E-state index in [0.29, 0.717) is 37.1 Å². The van der Waals surface area contributed by atoms with Crippen LogP contribution in [0.25, 0.3) is 0 Å². The van der Waals surface area contributed by atoms with E-state index >= 15 is 0 Å². The van der Waals surface area contributed by atoms with Gasteiger partial charge in [-0.2, -0.15) is 0 Å². The molecule has 3 amide bonds. The van der Waals surface area contributed by atoms with Crippen LogP contribution in [0.2, 0.25) is 0 Å². The lowest BCUT2D eigenvalue weighted by molar-refractivity contribution is -0.132. The highest BCUT2D eigenvalue weighted by Crippen LogP contribution is 2.46. The molecule has 0 unspecified atom stereocenters. The normalized spacial score (nSPS) is 14.3. The summed E-state index contributed by atoms with van der Waals surface area (Å²) < 4.78 is 0. The molecule has 0 spiro atoms. The van der Waals surface area contributed by atoms with E-state index in [4.69, 9.17) is 5.73 Å². The summed E-state index contributed by atoms with van der Waals surface area (Å²) in [6.45, 7) is 0. The molecular weight excluding hydrogens is 330 g/mol. The van der Waals surface area contributed by atoms with Crippen molar-refractivity contribution in [2.45, 2.75) is 25.7 Å². The third-order valence-corrected chi connectivity index (χ3v) is 4.54. The lowest BCUT2D eigenvalue weighted by Crippen LogP contribution is -2.36. The van der Waals surface area contributed by atoms with Crippen molar-refractivity contribution in [3.8, 4) is 0 Å². The number of anilines is 2. The van der Waals surface area contributed by atoms with E-state index in [0.717, 1.165) is 5.56 Å². The maximum Gasteiger partial charge on any atom is 0.240 e. The van der Waals surface area contributed by atoms with Crippen molar-refractivity contribution in [2.75, 3.05) is 10.6 Å². The number of hydrogen-bond acceptors (Lipinski definition) is 3. The summed E-state index contributed by atoms with van der Waals surface area (Å²) in [6.07, 6.45) is 1.98. The Morgan fingerprint density at radius 2 is 1.58 bits per heavy atom. The lowest BCUT2D eigenvalue weighted by Gasteiger charge is -2.13. The Morgan fingerprint density at radius 3 is 2.19 bits per heavy atom. The molecule has 0 aromatic heterocycles. The van der Waals surface area contributed by atoms with Gasteiger partial charge < -0.3 is 16.4 Å². The maximum atomic E-state index is 12.2. The van der Waals surface area contributed by atoms with Crippen molar-refractivity contribution in [1.82, 2.24) is 0 Å². The van der Waals surface area contributed by atoms with Gasteiger partial charge in [0.15, 0.2) is 0 Å². The summed E-state index contributed by atoms with van der Waals surface area (Å²) in [5.41, 5.74) is 6.44. The SMILES string of the molecule is NC(=O)C1(C(=O)Nc2cccc(NC(=O)CCc3ccccc3)c2)CC1. The lowest BCUT2D eigenvalue weighted by atomic mass is 10.1. The molecule has 0 bridgehead atoms. The summed E-state index contributed by atoms with van der Waals surface area (Å²) in [6, 6.07) is 16.6. The van der Waals surface area contributed by atoms with E-state index in [1.54, 1.807) is 24.3 Å². The van der Waals surface area contributed by atoms with Crippen molar-refractivity contribution in [3.63, 3.8) is 0 Å². The molecule has 2 aromatic carbocycles. The highest BCUT2D eigenvalue weighted by Gasteiger charge is 2.55. The second-order valence-electron chi connectivity index (χ2n) is 6.52. The van der Waals surface area contributed by atoms with Gasteiger partial charge in [0.2, 0.25) is 17.7 Å². The molecule has 0 saturated heterocycles. The number of amides is 3. The molecule has 0 aliphatic heterocycles. The van der Waals surface area contributed by atoms with Crippen molar-refractivity contribution in [1.29, 1.82) is 0 Å². The summed E-state index contributed by atoms with van der Waals surface area (Å²) in [5.74, 6) is -1.09. The van der Waals surface area contributed by atoms with Crippen molar-refractivity contribution >= 4 is 29.1 Å². The number of aryl methyl sites for hydroxylation is 1. The first-order valence-corrected chi connectivity index (χ1v) is 8.55. The maximum absolute atomic E-state index is 12.2. The fraction of sp³-hybridized carbons (Fsp3) is 0.250. The zero-order valence-corrected chi connectivity index (χ0v) is 14.3. The fourth-order valence-corrected chi connectivity index (χ4v) is 2.76. The zero-order valence-electron chi connectivity index (χ0n) is 14.3. The number of nitrogens with one attached hydrogen (secondary N) is 2. The van der Waals surface area contributed by atoms with E-state index in [-0.39, 0.29) is 5.91 Å². The van der Waals surface area contributed by atoms with Gasteiger partial charge in [0.25, 0.3) is 0 Å². The van der Waals surface area contributed by atoms with Crippen LogP contribution in [-0.2, 0) is 20.8 Å². The Hall–Kier alpha value is -3.15. The average molecular weight is 351 g/mol. The standard InChI is InChI=1S/C20H21N3O3/c21-18(25)20(11-12-20)19(26)23-16-8-4-7-15(13-16)22-17(24)10-9-14-5-2-1-3-6-14/h1-8,13H,9-12H2,(H2,21,25)(H,22,24)(H,23,26). The second kappa shape index (κ2) is 7.39. The molecular formula is C20H21N3O3. The smallest absolute Gasteiger partial charge is 0.240 e. The van der Waals surface area contributed by atoms with Gasteiger partial charge in [-0.3, -0.25) is 14.4 Å². The van der Waals surface area contributed by atoms with Crippen LogP contribution in [-0.4, -0.2) is 17.7 Å². The number of carbonyl (C=O) groups excluding carboxylic acids is 3. The molecule has 6 heteroatoms. The number of carbonyl (C=O) groups is 3. The molecule has 134 valence electrons. The average Bonchev–Trinajstić information content (AvgIpc) is 3.43. The Morgan fingerprint density at radius 1 is 0.923 bits per heavy atom. The van der Waals surface area contributed by atoms with Gasteiger partial charge in [0, 0.05) is 17.8 Å². The van der Waals surface area contributed by atoms with Crippen LogP contribution >= 0.6 is 0 Å². The van der Waals surface area contributed by atoms with Crippen molar-refractivity contribution in [3.05, 3.63) is 60.2 Å². The van der Waals surface area contributed by atoms with Gasteiger partial charge >= 0.3 is 0 Å². The summed E-state index contributed by atoms with van der Waals surface area (Å²) >= 11 is 0. The summed E-state index contributed by atoms with van der Waals surface area (Å²) in [4.78, 5) is 35.8. The molecule has 4 N–H and O–H groups in total. The molecule has 1 aliphatic rings. The quantitative estimate of drug-likeness (QED) is 0.668. The Bertz CT molecular complexity index is 829. The minimum Gasteiger partial charge on any atom is -0.369 e. The minimum absolute atomic E-state index is 0.104. The van der Waals surface area contributed by atoms with Crippen LogP contribution in [0.3, 0.4) is 0 Å². The van der Waals surface area contributed by atoms with Gasteiger partial charge in [-0.1, -0.05) is 36.4 Å². The molecule has 26 heavy (non-hydrogen) atoms. The van der Waals surface area contributed by atoms with Gasteiger partial charge in [0.05, 0.1) is 0 Å².